The van der Waals surface area contributed by atoms with Gasteiger partial charge in [-0.3, -0.25) is 14.6 Å². The molecule has 0 spiro atoms. The molecule has 1 fully saturated rings. The molecule has 0 unspecified atom stereocenters. The second-order valence-electron chi connectivity index (χ2n) is 9.87. The van der Waals surface area contributed by atoms with Crippen molar-refractivity contribution in [1.82, 2.24) is 14.7 Å². The number of benzene rings is 3. The van der Waals surface area contributed by atoms with Crippen molar-refractivity contribution in [2.24, 2.45) is 0 Å². The summed E-state index contributed by atoms with van der Waals surface area (Å²) in [6.45, 7) is 13.0. The Bertz CT molecular complexity index is 1130. The maximum absolute atomic E-state index is 12.9. The Morgan fingerprint density at radius 3 is 2.19 bits per heavy atom. The molecule has 0 radical (unpaired) electrons. The van der Waals surface area contributed by atoms with E-state index < -0.39 is 0 Å². The van der Waals surface area contributed by atoms with Gasteiger partial charge in [-0.05, 0) is 68.7 Å². The molecule has 190 valence electrons. The Labute approximate surface area is 221 Å². The third-order valence-corrected chi connectivity index (χ3v) is 7.64. The van der Waals surface area contributed by atoms with Gasteiger partial charge in [0.1, 0.15) is 0 Å². The van der Waals surface area contributed by atoms with E-state index in [0.717, 1.165) is 43.3 Å². The first-order valence-corrected chi connectivity index (χ1v) is 13.5. The average molecular weight is 504 g/mol. The summed E-state index contributed by atoms with van der Waals surface area (Å²) in [5.74, 6) is 0.0967. The van der Waals surface area contributed by atoms with Gasteiger partial charge < -0.3 is 4.90 Å². The Morgan fingerprint density at radius 1 is 0.889 bits per heavy atom. The molecule has 0 saturated carbocycles. The molecule has 1 heterocycles. The zero-order valence-electron chi connectivity index (χ0n) is 21.9. The van der Waals surface area contributed by atoms with Gasteiger partial charge in [0, 0.05) is 55.4 Å². The zero-order chi connectivity index (χ0) is 25.7. The highest BCUT2D eigenvalue weighted by Crippen LogP contribution is 2.34. The standard InChI is InChI=1S/C31H38ClN3O/c1-5-33(6-2)31(36)28-17-15-27(16-18-28)30(26-12-8-7-9-13-26)35-21-23(3)34(20-24(35)4)22-25-11-10-14-29(32)19-25/h7-19,23-24,30H,5-6,20-22H2,1-4H3/t23-,24+,30-/m1/s1. The molecule has 3 atom stereocenters. The summed E-state index contributed by atoms with van der Waals surface area (Å²) in [5, 5.41) is 0.791. The van der Waals surface area contributed by atoms with Crippen molar-refractivity contribution >= 4 is 17.5 Å². The fraction of sp³-hybridized carbons (Fsp3) is 0.387. The maximum Gasteiger partial charge on any atom is 0.253 e. The van der Waals surface area contributed by atoms with Crippen LogP contribution in [0.1, 0.15) is 60.8 Å². The van der Waals surface area contributed by atoms with E-state index >= 15 is 0 Å². The predicted molar refractivity (Wildman–Crippen MR) is 149 cm³/mol. The second kappa shape index (κ2) is 12.1. The van der Waals surface area contributed by atoms with Crippen LogP contribution in [0.5, 0.6) is 0 Å². The molecule has 3 aromatic carbocycles. The largest absolute Gasteiger partial charge is 0.339 e. The van der Waals surface area contributed by atoms with Crippen LogP contribution in [0.3, 0.4) is 0 Å². The van der Waals surface area contributed by atoms with Crippen molar-refractivity contribution < 1.29 is 4.79 Å². The van der Waals surface area contributed by atoms with E-state index in [1.54, 1.807) is 0 Å². The Kier molecular flexibility index (Phi) is 8.84. The lowest BCUT2D eigenvalue weighted by atomic mass is 9.92. The van der Waals surface area contributed by atoms with Crippen LogP contribution in [0.4, 0.5) is 0 Å². The van der Waals surface area contributed by atoms with E-state index in [2.05, 4.69) is 78.2 Å². The maximum atomic E-state index is 12.9. The van der Waals surface area contributed by atoms with E-state index in [1.807, 2.05) is 43.0 Å². The van der Waals surface area contributed by atoms with Crippen molar-refractivity contribution in [2.45, 2.75) is 52.4 Å². The summed E-state index contributed by atoms with van der Waals surface area (Å²) in [6, 6.07) is 28.1. The van der Waals surface area contributed by atoms with Gasteiger partial charge in [-0.15, -0.1) is 0 Å². The fourth-order valence-electron chi connectivity index (χ4n) is 5.39. The molecular formula is C31H38ClN3O. The van der Waals surface area contributed by atoms with Gasteiger partial charge in [0.15, 0.2) is 0 Å². The molecule has 0 aromatic heterocycles. The quantitative estimate of drug-likeness (QED) is 0.350. The summed E-state index contributed by atoms with van der Waals surface area (Å²) < 4.78 is 0. The smallest absolute Gasteiger partial charge is 0.253 e. The van der Waals surface area contributed by atoms with E-state index in [-0.39, 0.29) is 11.9 Å². The fourth-order valence-corrected chi connectivity index (χ4v) is 5.60. The predicted octanol–water partition coefficient (Wildman–Crippen LogP) is 6.51. The molecule has 4 nitrogen and oxygen atoms in total. The van der Waals surface area contributed by atoms with Gasteiger partial charge in [-0.25, -0.2) is 0 Å². The molecule has 5 heteroatoms. The number of nitrogens with zero attached hydrogens (tertiary/aromatic N) is 3. The van der Waals surface area contributed by atoms with Gasteiger partial charge >= 0.3 is 0 Å². The van der Waals surface area contributed by atoms with Crippen LogP contribution in [0.15, 0.2) is 78.9 Å². The summed E-state index contributed by atoms with van der Waals surface area (Å²) in [5.41, 5.74) is 4.51. The lowest BCUT2D eigenvalue weighted by Crippen LogP contribution is -2.56. The number of hydrogen-bond acceptors (Lipinski definition) is 3. The van der Waals surface area contributed by atoms with Gasteiger partial charge in [0.2, 0.25) is 0 Å². The van der Waals surface area contributed by atoms with Gasteiger partial charge in [0.05, 0.1) is 6.04 Å². The van der Waals surface area contributed by atoms with Crippen LogP contribution >= 0.6 is 11.6 Å². The van der Waals surface area contributed by atoms with Gasteiger partial charge in [-0.1, -0.05) is 66.2 Å². The molecule has 1 saturated heterocycles. The Balaban J connectivity index is 1.58. The van der Waals surface area contributed by atoms with Crippen molar-refractivity contribution in [3.8, 4) is 0 Å². The minimum Gasteiger partial charge on any atom is -0.339 e. The molecular weight excluding hydrogens is 466 g/mol. The SMILES string of the molecule is CCN(CC)C(=O)c1ccc([C@@H](c2ccccc2)N2C[C@@H](C)N(Cc3cccc(Cl)c3)C[C@@H]2C)cc1. The number of hydrogen-bond donors (Lipinski definition) is 0. The first-order valence-electron chi connectivity index (χ1n) is 13.1. The topological polar surface area (TPSA) is 26.8 Å². The Morgan fingerprint density at radius 2 is 1.56 bits per heavy atom. The second-order valence-corrected chi connectivity index (χ2v) is 10.3. The number of piperazine rings is 1. The number of halogens is 1. The lowest BCUT2D eigenvalue weighted by Gasteiger charge is -2.47. The van der Waals surface area contributed by atoms with Gasteiger partial charge in [0.25, 0.3) is 5.91 Å². The summed E-state index contributed by atoms with van der Waals surface area (Å²) in [7, 11) is 0. The summed E-state index contributed by atoms with van der Waals surface area (Å²) >= 11 is 6.24. The van der Waals surface area contributed by atoms with Crippen molar-refractivity contribution in [1.29, 1.82) is 0 Å². The lowest BCUT2D eigenvalue weighted by molar-refractivity contribution is 0.0195. The third-order valence-electron chi connectivity index (χ3n) is 7.41. The van der Waals surface area contributed by atoms with Crippen LogP contribution in [0.25, 0.3) is 0 Å². The minimum absolute atomic E-state index is 0.0967. The molecule has 0 N–H and O–H groups in total. The highest BCUT2D eigenvalue weighted by Gasteiger charge is 2.34. The molecule has 4 rings (SSSR count). The van der Waals surface area contributed by atoms with Crippen LogP contribution in [-0.4, -0.2) is 58.9 Å². The molecule has 1 amide bonds. The van der Waals surface area contributed by atoms with E-state index in [9.17, 15) is 4.79 Å². The van der Waals surface area contributed by atoms with E-state index in [1.165, 1.54) is 16.7 Å². The highest BCUT2D eigenvalue weighted by molar-refractivity contribution is 6.30. The van der Waals surface area contributed by atoms with E-state index in [4.69, 9.17) is 11.6 Å². The summed E-state index contributed by atoms with van der Waals surface area (Å²) in [4.78, 5) is 19.9. The number of carbonyl (C=O) groups is 1. The first kappa shape index (κ1) is 26.4. The number of rotatable bonds is 8. The van der Waals surface area contributed by atoms with E-state index in [0.29, 0.717) is 12.1 Å². The van der Waals surface area contributed by atoms with Crippen molar-refractivity contribution in [2.75, 3.05) is 26.2 Å². The van der Waals surface area contributed by atoms with Crippen LogP contribution < -0.4 is 0 Å². The average Bonchev–Trinajstić information content (AvgIpc) is 2.89. The third kappa shape index (κ3) is 6.00. The molecule has 0 aliphatic carbocycles. The van der Waals surface area contributed by atoms with Crippen LogP contribution in [0.2, 0.25) is 5.02 Å². The zero-order valence-corrected chi connectivity index (χ0v) is 22.7. The Hall–Kier alpha value is -2.66. The molecule has 3 aromatic rings. The highest BCUT2D eigenvalue weighted by atomic mass is 35.5. The monoisotopic (exact) mass is 503 g/mol. The van der Waals surface area contributed by atoms with Crippen LogP contribution in [0, 0.1) is 0 Å². The molecule has 0 bridgehead atoms. The summed E-state index contributed by atoms with van der Waals surface area (Å²) in [6.07, 6.45) is 0. The van der Waals surface area contributed by atoms with Crippen molar-refractivity contribution in [3.05, 3.63) is 106 Å². The van der Waals surface area contributed by atoms with Gasteiger partial charge in [-0.2, -0.15) is 0 Å². The number of amides is 1. The molecule has 36 heavy (non-hydrogen) atoms. The number of carbonyl (C=O) groups excluding carboxylic acids is 1. The van der Waals surface area contributed by atoms with Crippen LogP contribution in [-0.2, 0) is 6.54 Å². The molecule has 1 aliphatic rings. The first-order chi connectivity index (χ1) is 17.4. The minimum atomic E-state index is 0.0967. The van der Waals surface area contributed by atoms with Crippen molar-refractivity contribution in [3.63, 3.8) is 0 Å². The molecule has 1 aliphatic heterocycles. The normalized spacial score (nSPS) is 19.7.